The molecule has 0 aliphatic heterocycles. The predicted molar refractivity (Wildman–Crippen MR) is 79.1 cm³/mol. The molecule has 0 fully saturated rings. The van der Waals surface area contributed by atoms with E-state index in [4.69, 9.17) is 16.3 Å². The molecule has 0 bridgehead atoms. The maximum absolute atomic E-state index is 12.2. The zero-order chi connectivity index (χ0) is 15.3. The monoisotopic (exact) mass is 298 g/mol. The fourth-order valence-corrected chi connectivity index (χ4v) is 1.91. The third kappa shape index (κ3) is 4.42. The molecule has 1 aromatic rings. The van der Waals surface area contributed by atoms with Crippen molar-refractivity contribution < 1.29 is 14.3 Å². The topological polar surface area (TPSA) is 67.4 Å². The van der Waals surface area contributed by atoms with Crippen LogP contribution in [-0.2, 0) is 9.59 Å². The van der Waals surface area contributed by atoms with Crippen LogP contribution in [0, 0.1) is 5.92 Å². The van der Waals surface area contributed by atoms with E-state index in [1.165, 1.54) is 14.0 Å². The molecule has 2 amide bonds. The summed E-state index contributed by atoms with van der Waals surface area (Å²) in [4.78, 5) is 23.4. The Kier molecular flexibility index (Phi) is 5.82. The van der Waals surface area contributed by atoms with Crippen LogP contribution in [0.5, 0.6) is 5.75 Å². The molecule has 0 aliphatic rings. The number of anilines is 1. The van der Waals surface area contributed by atoms with Crippen molar-refractivity contribution in [3.63, 3.8) is 0 Å². The Morgan fingerprint density at radius 3 is 2.45 bits per heavy atom. The molecule has 110 valence electrons. The van der Waals surface area contributed by atoms with E-state index in [1.54, 1.807) is 18.2 Å². The number of ether oxygens (including phenoxy) is 1. The molecule has 0 saturated heterocycles. The molecule has 2 N–H and O–H groups in total. The van der Waals surface area contributed by atoms with E-state index in [2.05, 4.69) is 10.6 Å². The van der Waals surface area contributed by atoms with Gasteiger partial charge < -0.3 is 15.4 Å². The van der Waals surface area contributed by atoms with Crippen LogP contribution in [-0.4, -0.2) is 25.0 Å². The van der Waals surface area contributed by atoms with E-state index in [9.17, 15) is 9.59 Å². The average Bonchev–Trinajstić information content (AvgIpc) is 2.35. The SMILES string of the molecule is COc1ccc(Cl)cc1NC(=O)C(NC(C)=O)C(C)C. The van der Waals surface area contributed by atoms with Gasteiger partial charge in [0.25, 0.3) is 0 Å². The second-order valence-electron chi connectivity index (χ2n) is 4.76. The normalized spacial score (nSPS) is 11.9. The third-order valence-corrected chi connectivity index (χ3v) is 2.96. The maximum atomic E-state index is 12.2. The number of halogens is 1. The zero-order valence-electron chi connectivity index (χ0n) is 12.0. The molecule has 0 radical (unpaired) electrons. The molecule has 0 heterocycles. The molecule has 1 unspecified atom stereocenters. The molecule has 1 rings (SSSR count). The smallest absolute Gasteiger partial charge is 0.247 e. The van der Waals surface area contributed by atoms with Crippen molar-refractivity contribution >= 4 is 29.1 Å². The molecule has 5 nitrogen and oxygen atoms in total. The van der Waals surface area contributed by atoms with Crippen LogP contribution in [0.4, 0.5) is 5.69 Å². The minimum Gasteiger partial charge on any atom is -0.495 e. The van der Waals surface area contributed by atoms with Crippen molar-refractivity contribution in [3.05, 3.63) is 23.2 Å². The molecule has 0 aromatic heterocycles. The predicted octanol–water partition coefficient (Wildman–Crippen LogP) is 2.45. The summed E-state index contributed by atoms with van der Waals surface area (Å²) in [5.41, 5.74) is 0.473. The van der Waals surface area contributed by atoms with E-state index in [-0.39, 0.29) is 17.7 Å². The second kappa shape index (κ2) is 7.14. The standard InChI is InChI=1S/C14H19ClN2O3/c1-8(2)13(16-9(3)18)14(19)17-11-7-10(15)5-6-12(11)20-4/h5-8,13H,1-4H3,(H,16,18)(H,17,19). The Labute approximate surface area is 123 Å². The van der Waals surface area contributed by atoms with Gasteiger partial charge in [-0.3, -0.25) is 9.59 Å². The van der Waals surface area contributed by atoms with Gasteiger partial charge in [-0.15, -0.1) is 0 Å². The van der Waals surface area contributed by atoms with Crippen LogP contribution in [0.3, 0.4) is 0 Å². The number of carbonyl (C=O) groups is 2. The number of rotatable bonds is 5. The lowest BCUT2D eigenvalue weighted by Gasteiger charge is -2.21. The highest BCUT2D eigenvalue weighted by Gasteiger charge is 2.23. The molecule has 0 aliphatic carbocycles. The first kappa shape index (κ1) is 16.3. The third-order valence-electron chi connectivity index (χ3n) is 2.73. The fourth-order valence-electron chi connectivity index (χ4n) is 1.74. The lowest BCUT2D eigenvalue weighted by atomic mass is 10.0. The lowest BCUT2D eigenvalue weighted by Crippen LogP contribution is -2.46. The molecule has 1 atom stereocenters. The van der Waals surface area contributed by atoms with Crippen LogP contribution >= 0.6 is 11.6 Å². The summed E-state index contributed by atoms with van der Waals surface area (Å²) in [6.45, 7) is 5.09. The minimum absolute atomic E-state index is 0.0379. The van der Waals surface area contributed by atoms with Crippen molar-refractivity contribution in [1.82, 2.24) is 5.32 Å². The number of hydrogen-bond donors (Lipinski definition) is 2. The first-order valence-corrected chi connectivity index (χ1v) is 6.64. The van der Waals surface area contributed by atoms with Gasteiger partial charge in [0.2, 0.25) is 11.8 Å². The Balaban J connectivity index is 2.93. The van der Waals surface area contributed by atoms with Crippen molar-refractivity contribution in [3.8, 4) is 5.75 Å². The molecule has 0 spiro atoms. The summed E-state index contributed by atoms with van der Waals surface area (Å²) in [6.07, 6.45) is 0. The highest BCUT2D eigenvalue weighted by atomic mass is 35.5. The molecular formula is C14H19ClN2O3. The Morgan fingerprint density at radius 1 is 1.30 bits per heavy atom. The summed E-state index contributed by atoms with van der Waals surface area (Å²) in [7, 11) is 1.51. The van der Waals surface area contributed by atoms with Gasteiger partial charge in [0.15, 0.2) is 0 Å². The summed E-state index contributed by atoms with van der Waals surface area (Å²) >= 11 is 5.91. The van der Waals surface area contributed by atoms with Gasteiger partial charge in [-0.2, -0.15) is 0 Å². The number of carbonyl (C=O) groups excluding carboxylic acids is 2. The Bertz CT molecular complexity index is 503. The van der Waals surface area contributed by atoms with Gasteiger partial charge in [0.05, 0.1) is 12.8 Å². The highest BCUT2D eigenvalue weighted by Crippen LogP contribution is 2.28. The van der Waals surface area contributed by atoms with Gasteiger partial charge >= 0.3 is 0 Å². The van der Waals surface area contributed by atoms with Gasteiger partial charge in [-0.25, -0.2) is 0 Å². The van der Waals surface area contributed by atoms with E-state index in [1.807, 2.05) is 13.8 Å². The number of hydrogen-bond acceptors (Lipinski definition) is 3. The average molecular weight is 299 g/mol. The van der Waals surface area contributed by atoms with Gasteiger partial charge in [0.1, 0.15) is 11.8 Å². The van der Waals surface area contributed by atoms with E-state index >= 15 is 0 Å². The van der Waals surface area contributed by atoms with Crippen molar-refractivity contribution in [2.45, 2.75) is 26.8 Å². The minimum atomic E-state index is -0.615. The largest absolute Gasteiger partial charge is 0.495 e. The van der Waals surface area contributed by atoms with Crippen LogP contribution in [0.1, 0.15) is 20.8 Å². The van der Waals surface area contributed by atoms with E-state index in [0.29, 0.717) is 16.5 Å². The van der Waals surface area contributed by atoms with Gasteiger partial charge in [0, 0.05) is 11.9 Å². The van der Waals surface area contributed by atoms with Crippen LogP contribution in [0.25, 0.3) is 0 Å². The molecule has 20 heavy (non-hydrogen) atoms. The summed E-state index contributed by atoms with van der Waals surface area (Å²) in [5, 5.41) is 5.84. The Hall–Kier alpha value is -1.75. The van der Waals surface area contributed by atoms with Crippen molar-refractivity contribution in [2.24, 2.45) is 5.92 Å². The van der Waals surface area contributed by atoms with E-state index < -0.39 is 6.04 Å². The number of nitrogens with one attached hydrogen (secondary N) is 2. The fraction of sp³-hybridized carbons (Fsp3) is 0.429. The first-order chi connectivity index (χ1) is 9.35. The Morgan fingerprint density at radius 2 is 1.95 bits per heavy atom. The molecule has 6 heteroatoms. The molecule has 0 saturated carbocycles. The molecule has 1 aromatic carbocycles. The number of methoxy groups -OCH3 is 1. The van der Waals surface area contributed by atoms with Gasteiger partial charge in [-0.05, 0) is 24.1 Å². The summed E-state index contributed by atoms with van der Waals surface area (Å²) in [6, 6.07) is 4.32. The second-order valence-corrected chi connectivity index (χ2v) is 5.19. The maximum Gasteiger partial charge on any atom is 0.247 e. The number of amides is 2. The molecular weight excluding hydrogens is 280 g/mol. The zero-order valence-corrected chi connectivity index (χ0v) is 12.7. The number of benzene rings is 1. The summed E-state index contributed by atoms with van der Waals surface area (Å²) < 4.78 is 5.16. The van der Waals surface area contributed by atoms with Crippen LogP contribution in [0.2, 0.25) is 5.02 Å². The lowest BCUT2D eigenvalue weighted by molar-refractivity contribution is -0.126. The quantitative estimate of drug-likeness (QED) is 0.877. The van der Waals surface area contributed by atoms with E-state index in [0.717, 1.165) is 0 Å². The van der Waals surface area contributed by atoms with Crippen LogP contribution < -0.4 is 15.4 Å². The van der Waals surface area contributed by atoms with Gasteiger partial charge in [-0.1, -0.05) is 25.4 Å². The van der Waals surface area contributed by atoms with Crippen molar-refractivity contribution in [1.29, 1.82) is 0 Å². The highest BCUT2D eigenvalue weighted by molar-refractivity contribution is 6.31. The first-order valence-electron chi connectivity index (χ1n) is 6.26. The van der Waals surface area contributed by atoms with Crippen molar-refractivity contribution in [2.75, 3.05) is 12.4 Å². The van der Waals surface area contributed by atoms with Crippen LogP contribution in [0.15, 0.2) is 18.2 Å². The summed E-state index contributed by atoms with van der Waals surface area (Å²) in [5.74, 6) is -0.0927.